The van der Waals surface area contributed by atoms with Crippen LogP contribution in [0.1, 0.15) is 47.8 Å². The van der Waals surface area contributed by atoms with Gasteiger partial charge in [0.2, 0.25) is 5.06 Å². The van der Waals surface area contributed by atoms with Gasteiger partial charge in [0, 0.05) is 25.5 Å². The van der Waals surface area contributed by atoms with E-state index in [9.17, 15) is 18.0 Å². The fourth-order valence-corrected chi connectivity index (χ4v) is 6.39. The molecule has 1 aliphatic heterocycles. The summed E-state index contributed by atoms with van der Waals surface area (Å²) in [4.78, 5) is 33.5. The predicted octanol–water partition coefficient (Wildman–Crippen LogP) is 3.93. The Morgan fingerprint density at radius 2 is 1.82 bits per heavy atom. The molecule has 13 heteroatoms. The summed E-state index contributed by atoms with van der Waals surface area (Å²) in [5, 5.41) is 3.12. The third-order valence-corrected chi connectivity index (χ3v) is 9.34. The first-order valence-electron chi connectivity index (χ1n) is 12.4. The predicted molar refractivity (Wildman–Crippen MR) is 141 cm³/mol. The molecule has 0 spiro atoms. The summed E-state index contributed by atoms with van der Waals surface area (Å²) in [5.74, 6) is -0.683. The average Bonchev–Trinajstić information content (AvgIpc) is 3.74. The van der Waals surface area contributed by atoms with Crippen molar-refractivity contribution in [3.63, 3.8) is 0 Å². The Kier molecular flexibility index (Phi) is 8.21. The highest BCUT2D eigenvalue weighted by Gasteiger charge is 2.37. The third-order valence-electron chi connectivity index (χ3n) is 6.27. The molecule has 1 saturated carbocycles. The Balaban J connectivity index is 1.30. The average molecular weight is 574 g/mol. The number of anilines is 1. The second kappa shape index (κ2) is 11.8. The second-order valence-corrected chi connectivity index (χ2v) is 12.3. The summed E-state index contributed by atoms with van der Waals surface area (Å²) in [7, 11) is -2.08. The summed E-state index contributed by atoms with van der Waals surface area (Å²) in [5.41, 5.74) is 0.631. The highest BCUT2D eigenvalue weighted by molar-refractivity contribution is 7.92. The molecule has 1 N–H and O–H groups in total. The van der Waals surface area contributed by atoms with Crippen molar-refractivity contribution in [1.29, 1.82) is 0 Å². The van der Waals surface area contributed by atoms with Gasteiger partial charge in [-0.15, -0.1) is 0 Å². The first-order valence-corrected chi connectivity index (χ1v) is 14.8. The Bertz CT molecular complexity index is 1430. The fraction of sp³-hybridized carbons (Fsp3) is 0.385. The van der Waals surface area contributed by atoms with Crippen LogP contribution < -0.4 is 10.1 Å². The van der Waals surface area contributed by atoms with Crippen molar-refractivity contribution < 1.29 is 37.0 Å². The number of rotatable bonds is 10. The molecule has 1 aliphatic carbocycles. The van der Waals surface area contributed by atoms with Crippen molar-refractivity contribution in [2.75, 3.05) is 25.6 Å². The van der Waals surface area contributed by atoms with E-state index in [4.69, 9.17) is 14.2 Å². The zero-order valence-corrected chi connectivity index (χ0v) is 22.7. The van der Waals surface area contributed by atoms with Gasteiger partial charge in [0.05, 0.1) is 29.6 Å². The minimum absolute atomic E-state index is 0.0945. The van der Waals surface area contributed by atoms with Crippen LogP contribution in [0.4, 0.5) is 5.13 Å². The maximum absolute atomic E-state index is 13.4. The number of hydrogen-bond donors (Lipinski definition) is 1. The number of pyridine rings is 1. The number of esters is 1. The minimum Gasteiger partial charge on any atom is -0.464 e. The number of methoxy groups -OCH3 is 1. The largest absolute Gasteiger partial charge is 0.464 e. The van der Waals surface area contributed by atoms with Gasteiger partial charge in [-0.05, 0) is 49.4 Å². The van der Waals surface area contributed by atoms with Gasteiger partial charge < -0.3 is 18.9 Å². The lowest BCUT2D eigenvalue weighted by Gasteiger charge is -2.27. The van der Waals surface area contributed by atoms with E-state index in [1.807, 2.05) is 0 Å². The maximum atomic E-state index is 13.4. The zero-order chi connectivity index (χ0) is 27.4. The summed E-state index contributed by atoms with van der Waals surface area (Å²) in [6.07, 6.45) is 4.34. The van der Waals surface area contributed by atoms with E-state index < -0.39 is 27.8 Å². The Hall–Kier alpha value is -3.39. The molecule has 2 aliphatic rings. The first-order chi connectivity index (χ1) is 18.8. The van der Waals surface area contributed by atoms with Gasteiger partial charge in [0.15, 0.2) is 26.8 Å². The lowest BCUT2D eigenvalue weighted by Crippen LogP contribution is -2.31. The fourth-order valence-electron chi connectivity index (χ4n) is 4.04. The molecular weight excluding hydrogens is 546 g/mol. The van der Waals surface area contributed by atoms with Gasteiger partial charge in [-0.3, -0.25) is 10.1 Å². The smallest absolute Gasteiger partial charge is 0.356 e. The molecule has 206 valence electrons. The van der Waals surface area contributed by atoms with Crippen molar-refractivity contribution >= 4 is 38.2 Å². The number of nitrogens with one attached hydrogen (secondary N) is 1. The highest BCUT2D eigenvalue weighted by atomic mass is 32.2. The van der Waals surface area contributed by atoms with Crippen molar-refractivity contribution in [3.05, 3.63) is 60.0 Å². The van der Waals surface area contributed by atoms with Gasteiger partial charge in [0.25, 0.3) is 5.91 Å². The minimum atomic E-state index is -3.35. The first kappa shape index (κ1) is 27.2. The van der Waals surface area contributed by atoms with Crippen LogP contribution in [0.5, 0.6) is 10.8 Å². The van der Waals surface area contributed by atoms with E-state index in [1.165, 1.54) is 37.7 Å². The zero-order valence-electron chi connectivity index (χ0n) is 21.1. The quantitative estimate of drug-likeness (QED) is 0.354. The van der Waals surface area contributed by atoms with Gasteiger partial charge in [0.1, 0.15) is 5.75 Å². The number of nitrogens with zero attached hydrogens (tertiary/aromatic N) is 2. The number of benzene rings is 1. The molecule has 1 unspecified atom stereocenters. The van der Waals surface area contributed by atoms with Crippen LogP contribution in [-0.2, 0) is 28.8 Å². The number of thiazole rings is 1. The second-order valence-electron chi connectivity index (χ2n) is 9.09. The van der Waals surface area contributed by atoms with E-state index in [2.05, 4.69) is 20.0 Å². The normalized spacial score (nSPS) is 16.8. The van der Waals surface area contributed by atoms with Gasteiger partial charge in [-0.2, -0.15) is 0 Å². The number of sulfone groups is 1. The van der Waals surface area contributed by atoms with Crippen molar-refractivity contribution in [2.45, 2.75) is 48.0 Å². The maximum Gasteiger partial charge on any atom is 0.356 e. The number of ether oxygens (including phenoxy) is 4. The van der Waals surface area contributed by atoms with E-state index in [1.54, 1.807) is 18.2 Å². The van der Waals surface area contributed by atoms with Crippen molar-refractivity contribution in [2.24, 2.45) is 0 Å². The van der Waals surface area contributed by atoms with Crippen LogP contribution >= 0.6 is 11.3 Å². The standard InChI is InChI=1S/C26H27N3O8S2/c1-34-25(31)21-14-18(8-11-27-21)36-22-15-28-26(38-22)29-24(30)23(37-17-9-12-35-13-10-17)16-2-4-19(5-3-16)39(32,33)20-6-7-20/h2-5,8,11,14-15,17,20,23H,6-7,9-10,12-13H2,1H3,(H,28,29,30). The van der Waals surface area contributed by atoms with Gasteiger partial charge in [-0.25, -0.2) is 23.2 Å². The van der Waals surface area contributed by atoms with Crippen LogP contribution in [-0.4, -0.2) is 61.9 Å². The molecule has 1 amide bonds. The number of carbonyl (C=O) groups is 2. The van der Waals surface area contributed by atoms with E-state index in [-0.39, 0.29) is 27.1 Å². The molecule has 11 nitrogen and oxygen atoms in total. The summed E-state index contributed by atoms with van der Waals surface area (Å²) in [6, 6.07) is 9.32. The molecule has 3 aromatic rings. The Morgan fingerprint density at radius 3 is 2.51 bits per heavy atom. The van der Waals surface area contributed by atoms with Gasteiger partial charge >= 0.3 is 5.97 Å². The number of hydrogen-bond acceptors (Lipinski definition) is 11. The summed E-state index contributed by atoms with van der Waals surface area (Å²) >= 11 is 1.09. The Morgan fingerprint density at radius 1 is 1.08 bits per heavy atom. The Labute approximate surface area is 229 Å². The molecule has 2 fully saturated rings. The van der Waals surface area contributed by atoms with Crippen LogP contribution in [0.25, 0.3) is 0 Å². The van der Waals surface area contributed by atoms with Crippen LogP contribution in [0.3, 0.4) is 0 Å². The summed E-state index contributed by atoms with van der Waals surface area (Å²) in [6.45, 7) is 1.08. The van der Waals surface area contributed by atoms with E-state index in [0.717, 1.165) is 11.3 Å². The van der Waals surface area contributed by atoms with Crippen LogP contribution in [0.15, 0.2) is 53.7 Å². The topological polar surface area (TPSA) is 143 Å². The van der Waals surface area contributed by atoms with E-state index in [0.29, 0.717) is 55.3 Å². The lowest BCUT2D eigenvalue weighted by molar-refractivity contribution is -0.136. The molecule has 2 aromatic heterocycles. The molecule has 0 radical (unpaired) electrons. The van der Waals surface area contributed by atoms with Crippen LogP contribution in [0.2, 0.25) is 0 Å². The highest BCUT2D eigenvalue weighted by Crippen LogP contribution is 2.35. The summed E-state index contributed by atoms with van der Waals surface area (Å²) < 4.78 is 47.2. The molecular formula is C26H27N3O8S2. The lowest BCUT2D eigenvalue weighted by atomic mass is 10.1. The molecule has 1 saturated heterocycles. The number of aromatic nitrogens is 2. The SMILES string of the molecule is COC(=O)c1cc(Oc2cnc(NC(=O)C(OC3CCOCC3)c3ccc(S(=O)(=O)C4CC4)cc3)s2)ccn1. The van der Waals surface area contributed by atoms with Crippen molar-refractivity contribution in [1.82, 2.24) is 9.97 Å². The molecule has 5 rings (SSSR count). The van der Waals surface area contributed by atoms with Gasteiger partial charge in [-0.1, -0.05) is 23.5 Å². The monoisotopic (exact) mass is 573 g/mol. The van der Waals surface area contributed by atoms with Crippen LogP contribution in [0, 0.1) is 0 Å². The van der Waals surface area contributed by atoms with E-state index >= 15 is 0 Å². The molecule has 3 heterocycles. The van der Waals surface area contributed by atoms with Crippen molar-refractivity contribution in [3.8, 4) is 10.8 Å². The molecule has 1 atom stereocenters. The third kappa shape index (κ3) is 6.61. The molecule has 1 aromatic carbocycles. The number of amides is 1. The number of carbonyl (C=O) groups excluding carboxylic acids is 2. The molecule has 39 heavy (non-hydrogen) atoms. The molecule has 0 bridgehead atoms.